The van der Waals surface area contributed by atoms with Crippen molar-refractivity contribution in [2.45, 2.75) is 6.92 Å². The smallest absolute Gasteiger partial charge is 0.193 e. The van der Waals surface area contributed by atoms with E-state index in [0.29, 0.717) is 39.1 Å². The molecule has 33 heavy (non-hydrogen) atoms. The number of methoxy groups -OCH3 is 1. The summed E-state index contributed by atoms with van der Waals surface area (Å²) in [7, 11) is 1.57. The molecule has 0 aliphatic carbocycles. The first-order valence-electron chi connectivity index (χ1n) is 10.5. The van der Waals surface area contributed by atoms with Crippen LogP contribution in [0.25, 0.3) is 0 Å². The minimum Gasteiger partial charge on any atom is -0.497 e. The molecule has 0 unspecified atom stereocenters. The Morgan fingerprint density at radius 3 is 0.970 bits per heavy atom. The number of hydrogen-bond acceptors (Lipinski definition) is 4. The number of ketones is 3. The number of ether oxygens (including phenoxy) is 1. The fourth-order valence-electron chi connectivity index (χ4n) is 3.49. The van der Waals surface area contributed by atoms with Gasteiger partial charge in [0.2, 0.25) is 0 Å². The molecule has 4 aromatic carbocycles. The van der Waals surface area contributed by atoms with Gasteiger partial charge < -0.3 is 4.74 Å². The molecule has 0 heterocycles. The van der Waals surface area contributed by atoms with Crippen LogP contribution in [0.2, 0.25) is 0 Å². The minimum absolute atomic E-state index is 0.0876. The standard InChI is InChI=1S/C29H22O4/c1-19-3-5-20(6-4-19)27(30)21-7-9-22(10-8-21)28(31)23-11-13-24(14-12-23)29(32)25-15-17-26(33-2)18-16-25/h3-18H,1-2H3. The summed E-state index contributed by atoms with van der Waals surface area (Å²) in [6.45, 7) is 1.97. The highest BCUT2D eigenvalue weighted by atomic mass is 16.5. The van der Waals surface area contributed by atoms with Crippen molar-refractivity contribution in [3.8, 4) is 5.75 Å². The summed E-state index contributed by atoms with van der Waals surface area (Å²) in [6, 6.07) is 27.5. The molecule has 162 valence electrons. The molecular formula is C29H22O4. The monoisotopic (exact) mass is 434 g/mol. The Bertz CT molecular complexity index is 1300. The molecule has 0 atom stereocenters. The molecular weight excluding hydrogens is 412 g/mol. The molecule has 4 nitrogen and oxygen atoms in total. The molecule has 0 amide bonds. The molecule has 4 aromatic rings. The van der Waals surface area contributed by atoms with Gasteiger partial charge in [-0.2, -0.15) is 0 Å². The molecule has 0 radical (unpaired) electrons. The molecule has 0 N–H and O–H groups in total. The van der Waals surface area contributed by atoms with Gasteiger partial charge >= 0.3 is 0 Å². The summed E-state index contributed by atoms with van der Waals surface area (Å²) in [4.78, 5) is 38.2. The first-order valence-corrected chi connectivity index (χ1v) is 10.5. The van der Waals surface area contributed by atoms with E-state index in [9.17, 15) is 14.4 Å². The molecule has 0 aromatic heterocycles. The SMILES string of the molecule is COc1ccc(C(=O)c2ccc(C(=O)c3ccc(C(=O)c4ccc(C)cc4)cc3)cc2)cc1. The molecule has 0 aliphatic heterocycles. The summed E-state index contributed by atoms with van der Waals surface area (Å²) >= 11 is 0. The lowest BCUT2D eigenvalue weighted by molar-refractivity contribution is 0.102. The van der Waals surface area contributed by atoms with Crippen LogP contribution in [0.1, 0.15) is 53.3 Å². The van der Waals surface area contributed by atoms with E-state index in [1.807, 2.05) is 19.1 Å². The van der Waals surface area contributed by atoms with E-state index in [-0.39, 0.29) is 17.3 Å². The van der Waals surface area contributed by atoms with Gasteiger partial charge in [-0.15, -0.1) is 0 Å². The van der Waals surface area contributed by atoms with Gasteiger partial charge in [-0.1, -0.05) is 78.4 Å². The number of benzene rings is 4. The number of rotatable bonds is 7. The Hall–Kier alpha value is -4.31. The topological polar surface area (TPSA) is 60.4 Å². The van der Waals surface area contributed by atoms with Crippen molar-refractivity contribution in [2.75, 3.05) is 7.11 Å². The van der Waals surface area contributed by atoms with E-state index < -0.39 is 0 Å². The van der Waals surface area contributed by atoms with Crippen LogP contribution in [-0.4, -0.2) is 24.5 Å². The van der Waals surface area contributed by atoms with Crippen molar-refractivity contribution in [3.05, 3.63) is 136 Å². The van der Waals surface area contributed by atoms with Crippen molar-refractivity contribution in [1.82, 2.24) is 0 Å². The predicted octanol–water partition coefficient (Wildman–Crippen LogP) is 5.70. The van der Waals surface area contributed by atoms with Crippen LogP contribution in [0.4, 0.5) is 0 Å². The van der Waals surface area contributed by atoms with Crippen molar-refractivity contribution in [1.29, 1.82) is 0 Å². The van der Waals surface area contributed by atoms with Gasteiger partial charge in [-0.3, -0.25) is 14.4 Å². The quantitative estimate of drug-likeness (QED) is 0.350. The van der Waals surface area contributed by atoms with Crippen LogP contribution in [0.5, 0.6) is 5.75 Å². The Morgan fingerprint density at radius 1 is 0.455 bits per heavy atom. The summed E-state index contributed by atoms with van der Waals surface area (Å²) in [5.41, 5.74) is 4.21. The Labute approximate surface area is 192 Å². The second-order valence-corrected chi connectivity index (χ2v) is 7.74. The summed E-state index contributed by atoms with van der Waals surface area (Å²) in [5, 5.41) is 0. The van der Waals surface area contributed by atoms with Gasteiger partial charge in [0.15, 0.2) is 17.3 Å². The zero-order chi connectivity index (χ0) is 23.4. The second-order valence-electron chi connectivity index (χ2n) is 7.74. The maximum Gasteiger partial charge on any atom is 0.193 e. The number of carbonyl (C=O) groups is 3. The van der Waals surface area contributed by atoms with Crippen LogP contribution >= 0.6 is 0 Å². The summed E-state index contributed by atoms with van der Waals surface area (Å²) < 4.78 is 5.12. The first kappa shape index (κ1) is 21.9. The van der Waals surface area contributed by atoms with Crippen LogP contribution in [-0.2, 0) is 0 Å². The molecule has 0 saturated carbocycles. The fraction of sp³-hybridized carbons (Fsp3) is 0.0690. The molecule has 0 fully saturated rings. The number of hydrogen-bond donors (Lipinski definition) is 0. The van der Waals surface area contributed by atoms with Crippen LogP contribution in [0.3, 0.4) is 0 Å². The summed E-state index contributed by atoms with van der Waals surface area (Å²) in [5.74, 6) is 0.290. The number of carbonyl (C=O) groups excluding carboxylic acids is 3. The van der Waals surface area contributed by atoms with Gasteiger partial charge in [0.25, 0.3) is 0 Å². The Balaban J connectivity index is 1.48. The minimum atomic E-state index is -0.173. The van der Waals surface area contributed by atoms with E-state index in [1.54, 1.807) is 92.0 Å². The van der Waals surface area contributed by atoms with Crippen molar-refractivity contribution in [3.63, 3.8) is 0 Å². The fourth-order valence-corrected chi connectivity index (χ4v) is 3.49. The second kappa shape index (κ2) is 9.45. The lowest BCUT2D eigenvalue weighted by atomic mass is 9.96. The van der Waals surface area contributed by atoms with Gasteiger partial charge in [0.05, 0.1) is 7.11 Å². The van der Waals surface area contributed by atoms with Crippen LogP contribution < -0.4 is 4.74 Å². The molecule has 0 spiro atoms. The van der Waals surface area contributed by atoms with Crippen molar-refractivity contribution < 1.29 is 19.1 Å². The Kier molecular flexibility index (Phi) is 6.27. The highest BCUT2D eigenvalue weighted by Gasteiger charge is 2.14. The van der Waals surface area contributed by atoms with Crippen molar-refractivity contribution >= 4 is 17.3 Å². The third-order valence-corrected chi connectivity index (χ3v) is 5.48. The average molecular weight is 434 g/mol. The van der Waals surface area contributed by atoms with E-state index in [2.05, 4.69) is 0 Å². The predicted molar refractivity (Wildman–Crippen MR) is 127 cm³/mol. The molecule has 0 aliphatic rings. The lowest BCUT2D eigenvalue weighted by Gasteiger charge is -2.06. The van der Waals surface area contributed by atoms with Gasteiger partial charge in [-0.25, -0.2) is 0 Å². The third kappa shape index (κ3) is 4.80. The van der Waals surface area contributed by atoms with E-state index in [4.69, 9.17) is 4.74 Å². The van der Waals surface area contributed by atoms with Gasteiger partial charge in [0.1, 0.15) is 5.75 Å². The van der Waals surface area contributed by atoms with E-state index >= 15 is 0 Å². The normalized spacial score (nSPS) is 10.5. The van der Waals surface area contributed by atoms with Crippen molar-refractivity contribution in [2.24, 2.45) is 0 Å². The number of aryl methyl sites for hydroxylation is 1. The van der Waals surface area contributed by atoms with Crippen LogP contribution in [0, 0.1) is 6.92 Å². The average Bonchev–Trinajstić information content (AvgIpc) is 2.88. The molecule has 4 rings (SSSR count). The maximum atomic E-state index is 12.9. The van der Waals surface area contributed by atoms with Gasteiger partial charge in [-0.05, 0) is 31.2 Å². The third-order valence-electron chi connectivity index (χ3n) is 5.48. The lowest BCUT2D eigenvalue weighted by Crippen LogP contribution is -2.06. The van der Waals surface area contributed by atoms with E-state index in [0.717, 1.165) is 5.56 Å². The zero-order valence-corrected chi connectivity index (χ0v) is 18.4. The summed E-state index contributed by atoms with van der Waals surface area (Å²) in [6.07, 6.45) is 0. The molecule has 0 saturated heterocycles. The van der Waals surface area contributed by atoms with Crippen LogP contribution in [0.15, 0.2) is 97.1 Å². The molecule has 4 heteroatoms. The molecule has 0 bridgehead atoms. The first-order chi connectivity index (χ1) is 16.0. The highest BCUT2D eigenvalue weighted by molar-refractivity contribution is 6.13. The maximum absolute atomic E-state index is 12.9. The highest BCUT2D eigenvalue weighted by Crippen LogP contribution is 2.18. The Morgan fingerprint density at radius 2 is 0.697 bits per heavy atom. The largest absolute Gasteiger partial charge is 0.497 e. The zero-order valence-electron chi connectivity index (χ0n) is 18.4. The van der Waals surface area contributed by atoms with E-state index in [1.165, 1.54) is 0 Å². The van der Waals surface area contributed by atoms with Gasteiger partial charge in [0, 0.05) is 33.4 Å².